The Bertz CT molecular complexity index is 362. The Kier molecular flexibility index (Phi) is 9.26. The molecule has 0 spiro atoms. The van der Waals surface area contributed by atoms with Gasteiger partial charge in [-0.15, -0.1) is 0 Å². The molecule has 2 amide bonds. The zero-order valence-corrected chi connectivity index (χ0v) is 12.0. The van der Waals surface area contributed by atoms with Crippen molar-refractivity contribution in [3.05, 3.63) is 0 Å². The van der Waals surface area contributed by atoms with Crippen LogP contribution in [0.5, 0.6) is 0 Å². The number of carboxylic acid groups (broad SMARTS) is 1. The lowest BCUT2D eigenvalue weighted by Gasteiger charge is -2.21. The van der Waals surface area contributed by atoms with Gasteiger partial charge in [-0.25, -0.2) is 4.79 Å². The number of hydrogen-bond acceptors (Lipinski definition) is 6. The quantitative estimate of drug-likeness (QED) is 0.243. The van der Waals surface area contributed by atoms with Crippen molar-refractivity contribution in [3.63, 3.8) is 0 Å². The van der Waals surface area contributed by atoms with Crippen LogP contribution in [0.2, 0.25) is 0 Å². The number of aliphatic carboxylic acids is 1. The Morgan fingerprint density at radius 3 is 2.10 bits per heavy atom. The number of aliphatic hydroxyl groups excluding tert-OH is 1. The van der Waals surface area contributed by atoms with E-state index in [1.54, 1.807) is 0 Å². The second-order valence-electron chi connectivity index (χ2n) is 4.72. The second kappa shape index (κ2) is 10.1. The fourth-order valence-corrected chi connectivity index (χ4v) is 1.52. The van der Waals surface area contributed by atoms with Crippen LogP contribution in [-0.2, 0) is 14.4 Å². The summed E-state index contributed by atoms with van der Waals surface area (Å²) in [5, 5.41) is 22.3. The number of carbonyl (C=O) groups is 3. The van der Waals surface area contributed by atoms with Gasteiger partial charge in [0.25, 0.3) is 0 Å². The van der Waals surface area contributed by atoms with Crippen molar-refractivity contribution < 1.29 is 24.6 Å². The Hall–Kier alpha value is -1.71. The molecule has 0 aliphatic carbocycles. The van der Waals surface area contributed by atoms with Crippen molar-refractivity contribution in [2.45, 2.75) is 44.3 Å². The van der Waals surface area contributed by atoms with E-state index in [0.29, 0.717) is 25.8 Å². The van der Waals surface area contributed by atoms with E-state index in [1.165, 1.54) is 6.92 Å². The van der Waals surface area contributed by atoms with Crippen LogP contribution < -0.4 is 22.1 Å². The number of aliphatic hydroxyl groups is 1. The summed E-state index contributed by atoms with van der Waals surface area (Å²) in [5.41, 5.74) is 10.8. The van der Waals surface area contributed by atoms with Gasteiger partial charge in [-0.05, 0) is 32.7 Å². The summed E-state index contributed by atoms with van der Waals surface area (Å²) in [4.78, 5) is 34.4. The highest BCUT2D eigenvalue weighted by Gasteiger charge is 2.26. The molecule has 3 unspecified atom stereocenters. The van der Waals surface area contributed by atoms with Gasteiger partial charge in [-0.1, -0.05) is 0 Å². The van der Waals surface area contributed by atoms with E-state index >= 15 is 0 Å². The number of hydrogen-bond donors (Lipinski definition) is 6. The summed E-state index contributed by atoms with van der Waals surface area (Å²) in [7, 11) is 0. The number of carbonyl (C=O) groups excluding carboxylic acids is 2. The molecule has 21 heavy (non-hydrogen) atoms. The fourth-order valence-electron chi connectivity index (χ4n) is 1.52. The number of amides is 2. The Morgan fingerprint density at radius 2 is 1.67 bits per heavy atom. The zero-order chi connectivity index (χ0) is 16.4. The first-order chi connectivity index (χ1) is 9.83. The van der Waals surface area contributed by atoms with Crippen LogP contribution in [0.1, 0.15) is 26.2 Å². The molecule has 0 aliphatic heterocycles. The molecule has 3 atom stereocenters. The van der Waals surface area contributed by atoms with Gasteiger partial charge in [-0.3, -0.25) is 9.59 Å². The number of unbranched alkanes of at least 4 members (excludes halogenated alkanes) is 1. The maximum Gasteiger partial charge on any atom is 0.328 e. The second-order valence-corrected chi connectivity index (χ2v) is 4.72. The van der Waals surface area contributed by atoms with E-state index in [1.807, 2.05) is 0 Å². The lowest BCUT2D eigenvalue weighted by molar-refractivity contribution is -0.143. The van der Waals surface area contributed by atoms with Crippen LogP contribution in [-0.4, -0.2) is 59.3 Å². The predicted octanol–water partition coefficient (Wildman–Crippen LogP) is -2.49. The largest absolute Gasteiger partial charge is 0.480 e. The monoisotopic (exact) mass is 304 g/mol. The predicted molar refractivity (Wildman–Crippen MR) is 75.1 cm³/mol. The van der Waals surface area contributed by atoms with Crippen molar-refractivity contribution >= 4 is 17.8 Å². The Balaban J connectivity index is 4.71. The van der Waals surface area contributed by atoms with Gasteiger partial charge >= 0.3 is 5.97 Å². The molecule has 9 nitrogen and oxygen atoms in total. The van der Waals surface area contributed by atoms with E-state index < -0.39 is 42.5 Å². The molecular weight excluding hydrogens is 280 g/mol. The third-order valence-electron chi connectivity index (χ3n) is 2.79. The van der Waals surface area contributed by atoms with Crippen LogP contribution in [0, 0.1) is 0 Å². The fraction of sp³-hybridized carbons (Fsp3) is 0.750. The molecule has 0 bridgehead atoms. The van der Waals surface area contributed by atoms with Gasteiger partial charge in [0.05, 0.1) is 12.6 Å². The first kappa shape index (κ1) is 19.3. The van der Waals surface area contributed by atoms with Gasteiger partial charge in [0.2, 0.25) is 11.8 Å². The average molecular weight is 304 g/mol. The minimum atomic E-state index is -1.42. The molecule has 0 rings (SSSR count). The molecular formula is C12H24N4O5. The van der Waals surface area contributed by atoms with Crippen molar-refractivity contribution in [1.82, 2.24) is 10.6 Å². The Morgan fingerprint density at radius 1 is 1.10 bits per heavy atom. The van der Waals surface area contributed by atoms with Crippen LogP contribution in [0.15, 0.2) is 0 Å². The minimum Gasteiger partial charge on any atom is -0.480 e. The highest BCUT2D eigenvalue weighted by Crippen LogP contribution is 2.02. The van der Waals surface area contributed by atoms with Gasteiger partial charge in [-0.2, -0.15) is 0 Å². The first-order valence-electron chi connectivity index (χ1n) is 6.73. The van der Waals surface area contributed by atoms with Crippen LogP contribution in [0.3, 0.4) is 0 Å². The average Bonchev–Trinajstić information content (AvgIpc) is 2.42. The molecule has 0 aromatic carbocycles. The molecule has 0 aliphatic rings. The van der Waals surface area contributed by atoms with Crippen LogP contribution in [0.4, 0.5) is 0 Å². The highest BCUT2D eigenvalue weighted by molar-refractivity contribution is 5.91. The van der Waals surface area contributed by atoms with Crippen molar-refractivity contribution in [1.29, 1.82) is 0 Å². The van der Waals surface area contributed by atoms with Gasteiger partial charge in [0, 0.05) is 0 Å². The van der Waals surface area contributed by atoms with Crippen molar-refractivity contribution in [2.24, 2.45) is 11.5 Å². The number of nitrogens with two attached hydrogens (primary N) is 2. The smallest absolute Gasteiger partial charge is 0.328 e. The lowest BCUT2D eigenvalue weighted by atomic mass is 10.1. The first-order valence-corrected chi connectivity index (χ1v) is 6.73. The van der Waals surface area contributed by atoms with E-state index in [9.17, 15) is 14.4 Å². The normalized spacial score (nSPS) is 14.9. The van der Waals surface area contributed by atoms with E-state index in [-0.39, 0.29) is 0 Å². The molecule has 9 heteroatoms. The molecule has 0 aromatic heterocycles. The molecule has 0 saturated heterocycles. The standard InChI is InChI=1S/C12H24N4O5/c1-7(14)10(18)15-8(4-2-3-5-13)11(19)16-9(6-17)12(20)21/h7-9,17H,2-6,13-14H2,1H3,(H,15,18)(H,16,19)(H,20,21). The maximum atomic E-state index is 12.0. The SMILES string of the molecule is CC(N)C(=O)NC(CCCCN)C(=O)NC(CO)C(=O)O. The summed E-state index contributed by atoms with van der Waals surface area (Å²) in [6.45, 7) is 1.18. The van der Waals surface area contributed by atoms with Crippen molar-refractivity contribution in [2.75, 3.05) is 13.2 Å². The molecule has 0 fully saturated rings. The molecule has 0 heterocycles. The Labute approximate surface area is 123 Å². The maximum absolute atomic E-state index is 12.0. The summed E-state index contributed by atoms with van der Waals surface area (Å²) >= 11 is 0. The highest BCUT2D eigenvalue weighted by atomic mass is 16.4. The van der Waals surface area contributed by atoms with E-state index in [4.69, 9.17) is 21.7 Å². The van der Waals surface area contributed by atoms with E-state index in [2.05, 4.69) is 10.6 Å². The van der Waals surface area contributed by atoms with Gasteiger partial charge in [0.15, 0.2) is 0 Å². The van der Waals surface area contributed by atoms with Crippen LogP contribution in [0.25, 0.3) is 0 Å². The zero-order valence-electron chi connectivity index (χ0n) is 12.0. The summed E-state index contributed by atoms with van der Waals surface area (Å²) < 4.78 is 0. The lowest BCUT2D eigenvalue weighted by Crippen LogP contribution is -2.54. The van der Waals surface area contributed by atoms with Gasteiger partial charge < -0.3 is 32.3 Å². The molecule has 122 valence electrons. The number of nitrogens with one attached hydrogen (secondary N) is 2. The third kappa shape index (κ3) is 7.59. The topological polar surface area (TPSA) is 168 Å². The summed E-state index contributed by atoms with van der Waals surface area (Å²) in [6.07, 6.45) is 1.56. The molecule has 0 saturated carbocycles. The number of rotatable bonds is 10. The minimum absolute atomic E-state index is 0.305. The molecule has 8 N–H and O–H groups in total. The summed E-state index contributed by atoms with van der Waals surface area (Å²) in [5.74, 6) is -2.55. The molecule has 0 aromatic rings. The number of carboxylic acids is 1. The van der Waals surface area contributed by atoms with Gasteiger partial charge in [0.1, 0.15) is 12.1 Å². The van der Waals surface area contributed by atoms with Crippen molar-refractivity contribution in [3.8, 4) is 0 Å². The summed E-state index contributed by atoms with van der Waals surface area (Å²) in [6, 6.07) is -3.12. The third-order valence-corrected chi connectivity index (χ3v) is 2.79. The van der Waals surface area contributed by atoms with Crippen LogP contribution >= 0.6 is 0 Å². The molecule has 0 radical (unpaired) electrons. The van der Waals surface area contributed by atoms with E-state index in [0.717, 1.165) is 0 Å².